The van der Waals surface area contributed by atoms with E-state index in [2.05, 4.69) is 16.4 Å². The number of nitrogens with zero attached hydrogens (tertiary/aromatic N) is 2. The third-order valence-corrected chi connectivity index (χ3v) is 5.87. The van der Waals surface area contributed by atoms with Gasteiger partial charge in [0.25, 0.3) is 5.91 Å². The van der Waals surface area contributed by atoms with Gasteiger partial charge in [-0.3, -0.25) is 9.59 Å². The van der Waals surface area contributed by atoms with Crippen molar-refractivity contribution in [2.24, 2.45) is 5.92 Å². The molecule has 2 aromatic heterocycles. The van der Waals surface area contributed by atoms with E-state index in [0.29, 0.717) is 32.5 Å². The maximum Gasteiger partial charge on any atom is 0.274 e. The smallest absolute Gasteiger partial charge is 0.274 e. The van der Waals surface area contributed by atoms with Crippen LogP contribution in [0.3, 0.4) is 0 Å². The molecule has 26 heavy (non-hydrogen) atoms. The van der Waals surface area contributed by atoms with Crippen molar-refractivity contribution in [3.63, 3.8) is 0 Å². The zero-order valence-electron chi connectivity index (χ0n) is 14.1. The molecule has 1 aliphatic rings. The summed E-state index contributed by atoms with van der Waals surface area (Å²) in [6.45, 7) is 1.65. The zero-order valence-corrected chi connectivity index (χ0v) is 16.4. The van der Waals surface area contributed by atoms with Gasteiger partial charge in [0.05, 0.1) is 5.02 Å². The highest BCUT2D eigenvalue weighted by atomic mass is 35.5. The third-order valence-electron chi connectivity index (χ3n) is 4.42. The molecule has 0 aliphatic carbocycles. The summed E-state index contributed by atoms with van der Waals surface area (Å²) in [6, 6.07) is 7.19. The van der Waals surface area contributed by atoms with Crippen LogP contribution >= 0.6 is 34.5 Å². The van der Waals surface area contributed by atoms with Crippen LogP contribution < -0.4 is 5.32 Å². The van der Waals surface area contributed by atoms with Crippen molar-refractivity contribution < 1.29 is 9.59 Å². The second-order valence-corrected chi connectivity index (χ2v) is 7.98. The molecule has 1 fully saturated rings. The third kappa shape index (κ3) is 4.75. The molecule has 8 heteroatoms. The Balaban J connectivity index is 1.48. The lowest BCUT2D eigenvalue weighted by Crippen LogP contribution is -2.43. The Bertz CT molecular complexity index is 775. The molecule has 0 atom stereocenters. The molecule has 0 bridgehead atoms. The lowest BCUT2D eigenvalue weighted by molar-refractivity contribution is -0.126. The average molecular weight is 412 g/mol. The summed E-state index contributed by atoms with van der Waals surface area (Å²) >= 11 is 13.6. The lowest BCUT2D eigenvalue weighted by atomic mass is 9.95. The highest BCUT2D eigenvalue weighted by Gasteiger charge is 2.29. The number of halogens is 2. The van der Waals surface area contributed by atoms with E-state index in [-0.39, 0.29) is 33.6 Å². The predicted octanol–water partition coefficient (Wildman–Crippen LogP) is 3.66. The first kappa shape index (κ1) is 19.1. The molecule has 0 unspecified atom stereocenters. The maximum atomic E-state index is 12.6. The summed E-state index contributed by atoms with van der Waals surface area (Å²) in [4.78, 5) is 31.9. The van der Waals surface area contributed by atoms with Crippen molar-refractivity contribution in [3.05, 3.63) is 50.4 Å². The van der Waals surface area contributed by atoms with Gasteiger partial charge in [0, 0.05) is 30.4 Å². The molecule has 0 aromatic carbocycles. The van der Waals surface area contributed by atoms with Crippen molar-refractivity contribution in [1.82, 2.24) is 15.2 Å². The number of rotatable bonds is 5. The minimum Gasteiger partial charge on any atom is -0.355 e. The van der Waals surface area contributed by atoms with Gasteiger partial charge in [-0.25, -0.2) is 4.98 Å². The normalized spacial score (nSPS) is 15.1. The van der Waals surface area contributed by atoms with E-state index in [0.717, 1.165) is 6.42 Å². The predicted molar refractivity (Wildman–Crippen MR) is 104 cm³/mol. The molecule has 138 valence electrons. The number of likely N-dealkylation sites (tertiary alicyclic amines) is 1. The van der Waals surface area contributed by atoms with Gasteiger partial charge >= 0.3 is 0 Å². The molecule has 2 amide bonds. The molecular weight excluding hydrogens is 393 g/mol. The van der Waals surface area contributed by atoms with Crippen molar-refractivity contribution >= 4 is 46.4 Å². The molecule has 1 aliphatic heterocycles. The number of pyridine rings is 1. The molecule has 5 nitrogen and oxygen atoms in total. The summed E-state index contributed by atoms with van der Waals surface area (Å²) in [5.41, 5.74) is 0.165. The first-order chi connectivity index (χ1) is 12.5. The van der Waals surface area contributed by atoms with Gasteiger partial charge in [-0.1, -0.05) is 29.3 Å². The largest absolute Gasteiger partial charge is 0.355 e. The second-order valence-electron chi connectivity index (χ2n) is 6.15. The van der Waals surface area contributed by atoms with Crippen molar-refractivity contribution in [3.8, 4) is 0 Å². The van der Waals surface area contributed by atoms with Crippen LogP contribution in [-0.2, 0) is 11.2 Å². The van der Waals surface area contributed by atoms with Crippen LogP contribution in [0.2, 0.25) is 10.2 Å². The molecule has 0 spiro atoms. The molecule has 1 saturated heterocycles. The van der Waals surface area contributed by atoms with Crippen LogP contribution in [0.5, 0.6) is 0 Å². The number of amides is 2. The second kappa shape index (κ2) is 8.84. The maximum absolute atomic E-state index is 12.6. The number of nitrogens with one attached hydrogen (secondary N) is 1. The van der Waals surface area contributed by atoms with E-state index < -0.39 is 0 Å². The fraction of sp³-hybridized carbons (Fsp3) is 0.389. The monoisotopic (exact) mass is 411 g/mol. The van der Waals surface area contributed by atoms with Gasteiger partial charge in [-0.2, -0.15) is 0 Å². The Hall–Kier alpha value is -1.63. The van der Waals surface area contributed by atoms with Crippen molar-refractivity contribution in [2.75, 3.05) is 19.6 Å². The fourth-order valence-corrected chi connectivity index (χ4v) is 4.01. The number of carbonyl (C=O) groups is 2. The Morgan fingerprint density at radius 3 is 2.69 bits per heavy atom. The molecule has 3 rings (SSSR count). The lowest BCUT2D eigenvalue weighted by Gasteiger charge is -2.31. The van der Waals surface area contributed by atoms with Gasteiger partial charge in [0.2, 0.25) is 5.91 Å². The SMILES string of the molecule is O=C(NCCc1cccs1)C1CCN(C(=O)c2nc(Cl)ccc2Cl)CC1. The summed E-state index contributed by atoms with van der Waals surface area (Å²) in [5.74, 6) is -0.244. The van der Waals surface area contributed by atoms with Crippen LogP contribution in [0.1, 0.15) is 28.2 Å². The summed E-state index contributed by atoms with van der Waals surface area (Å²) in [6.07, 6.45) is 2.11. The topological polar surface area (TPSA) is 62.3 Å². The van der Waals surface area contributed by atoms with Gasteiger partial charge < -0.3 is 10.2 Å². The fourth-order valence-electron chi connectivity index (χ4n) is 2.97. The Morgan fingerprint density at radius 2 is 2.00 bits per heavy atom. The van der Waals surface area contributed by atoms with Gasteiger partial charge in [0.15, 0.2) is 0 Å². The summed E-state index contributed by atoms with van der Waals surface area (Å²) < 4.78 is 0. The minimum atomic E-state index is -0.242. The number of hydrogen-bond donors (Lipinski definition) is 1. The van der Waals surface area contributed by atoms with Crippen LogP contribution in [0.25, 0.3) is 0 Å². The number of carbonyl (C=O) groups excluding carboxylic acids is 2. The first-order valence-electron chi connectivity index (χ1n) is 8.46. The highest BCUT2D eigenvalue weighted by molar-refractivity contribution is 7.09. The number of aromatic nitrogens is 1. The van der Waals surface area contributed by atoms with E-state index in [1.54, 1.807) is 28.4 Å². The molecule has 0 saturated carbocycles. The Labute approximate surface area is 166 Å². The number of piperidine rings is 1. The average Bonchev–Trinajstić information content (AvgIpc) is 3.16. The van der Waals surface area contributed by atoms with Crippen LogP contribution in [0, 0.1) is 5.92 Å². The van der Waals surface area contributed by atoms with Crippen molar-refractivity contribution in [1.29, 1.82) is 0 Å². The molecule has 1 N–H and O–H groups in total. The number of hydrogen-bond acceptors (Lipinski definition) is 4. The summed E-state index contributed by atoms with van der Waals surface area (Å²) in [5, 5.41) is 5.55. The van der Waals surface area contributed by atoms with E-state index >= 15 is 0 Å². The molecule has 2 aromatic rings. The van der Waals surface area contributed by atoms with Crippen molar-refractivity contribution in [2.45, 2.75) is 19.3 Å². The highest BCUT2D eigenvalue weighted by Crippen LogP contribution is 2.23. The number of thiophene rings is 1. The quantitative estimate of drug-likeness (QED) is 0.763. The van der Waals surface area contributed by atoms with E-state index in [1.165, 1.54) is 4.88 Å². The van der Waals surface area contributed by atoms with E-state index in [1.807, 2.05) is 11.4 Å². The van der Waals surface area contributed by atoms with Crippen LogP contribution in [-0.4, -0.2) is 41.3 Å². The zero-order chi connectivity index (χ0) is 18.5. The summed E-state index contributed by atoms with van der Waals surface area (Å²) in [7, 11) is 0. The Morgan fingerprint density at radius 1 is 1.23 bits per heavy atom. The first-order valence-corrected chi connectivity index (χ1v) is 10.1. The minimum absolute atomic E-state index is 0.0626. The van der Waals surface area contributed by atoms with E-state index in [4.69, 9.17) is 23.2 Å². The van der Waals surface area contributed by atoms with Gasteiger partial charge in [-0.15, -0.1) is 11.3 Å². The standard InChI is InChI=1S/C18H19Cl2N3O2S/c19-14-3-4-15(20)22-16(14)18(25)23-9-6-12(7-10-23)17(24)21-8-5-13-2-1-11-26-13/h1-4,11-12H,5-10H2,(H,21,24). The molecule has 0 radical (unpaired) electrons. The van der Waals surface area contributed by atoms with Crippen LogP contribution in [0.15, 0.2) is 29.6 Å². The molecular formula is C18H19Cl2N3O2S. The molecule has 3 heterocycles. The van der Waals surface area contributed by atoms with Crippen LogP contribution in [0.4, 0.5) is 0 Å². The van der Waals surface area contributed by atoms with Gasteiger partial charge in [-0.05, 0) is 42.8 Å². The Kier molecular flexibility index (Phi) is 6.51. The van der Waals surface area contributed by atoms with Gasteiger partial charge in [0.1, 0.15) is 10.8 Å². The van der Waals surface area contributed by atoms with E-state index in [9.17, 15) is 9.59 Å².